The van der Waals surface area contributed by atoms with Crippen LogP contribution in [0.4, 0.5) is 0 Å². The number of nitrogens with zero attached hydrogens (tertiary/aromatic N) is 1. The van der Waals surface area contributed by atoms with E-state index in [4.69, 9.17) is 5.11 Å². The van der Waals surface area contributed by atoms with E-state index in [2.05, 4.69) is 11.8 Å². The van der Waals surface area contributed by atoms with Gasteiger partial charge in [-0.05, 0) is 63.3 Å². The average Bonchev–Trinajstić information content (AvgIpc) is 2.86. The summed E-state index contributed by atoms with van der Waals surface area (Å²) in [6.45, 7) is 4.86. The van der Waals surface area contributed by atoms with Crippen LogP contribution in [0.5, 0.6) is 0 Å². The summed E-state index contributed by atoms with van der Waals surface area (Å²) < 4.78 is 0. The van der Waals surface area contributed by atoms with Crippen molar-refractivity contribution in [1.82, 2.24) is 4.90 Å². The first kappa shape index (κ1) is 15.3. The maximum Gasteiger partial charge on any atom is 0.0580 e. The van der Waals surface area contributed by atoms with E-state index in [-0.39, 0.29) is 6.10 Å². The SMILES string of the molecule is CCC1CCC(O)C(CN2CCCC2CCCO)C1. The predicted octanol–water partition coefficient (Wildman–Crippen LogP) is 2.41. The molecule has 2 fully saturated rings. The van der Waals surface area contributed by atoms with E-state index in [0.717, 1.165) is 31.7 Å². The van der Waals surface area contributed by atoms with Crippen molar-refractivity contribution in [2.24, 2.45) is 11.8 Å². The summed E-state index contributed by atoms with van der Waals surface area (Å²) in [5, 5.41) is 19.2. The highest BCUT2D eigenvalue weighted by Gasteiger charge is 2.33. The molecule has 3 heteroatoms. The van der Waals surface area contributed by atoms with Gasteiger partial charge < -0.3 is 15.1 Å². The highest BCUT2D eigenvalue weighted by Crippen LogP contribution is 2.33. The molecule has 4 unspecified atom stereocenters. The Morgan fingerprint density at radius 1 is 1.21 bits per heavy atom. The summed E-state index contributed by atoms with van der Waals surface area (Å²) in [5.41, 5.74) is 0. The van der Waals surface area contributed by atoms with Gasteiger partial charge in [-0.2, -0.15) is 0 Å². The van der Waals surface area contributed by atoms with Gasteiger partial charge in [0.1, 0.15) is 0 Å². The van der Waals surface area contributed by atoms with Crippen molar-refractivity contribution in [3.8, 4) is 0 Å². The summed E-state index contributed by atoms with van der Waals surface area (Å²) in [6.07, 6.45) is 9.21. The van der Waals surface area contributed by atoms with Crippen LogP contribution in [0, 0.1) is 11.8 Å². The molecule has 2 N–H and O–H groups in total. The molecule has 0 aromatic carbocycles. The Balaban J connectivity index is 1.84. The van der Waals surface area contributed by atoms with Gasteiger partial charge >= 0.3 is 0 Å². The van der Waals surface area contributed by atoms with Crippen molar-refractivity contribution >= 4 is 0 Å². The van der Waals surface area contributed by atoms with E-state index in [1.54, 1.807) is 0 Å². The summed E-state index contributed by atoms with van der Waals surface area (Å²) in [7, 11) is 0. The normalized spacial score (nSPS) is 36.8. The molecule has 1 heterocycles. The van der Waals surface area contributed by atoms with Crippen LogP contribution in [0.3, 0.4) is 0 Å². The molecule has 0 amide bonds. The third-order valence-corrected chi connectivity index (χ3v) is 5.29. The van der Waals surface area contributed by atoms with Gasteiger partial charge in [0.15, 0.2) is 0 Å². The van der Waals surface area contributed by atoms with E-state index in [1.165, 1.54) is 38.6 Å². The summed E-state index contributed by atoms with van der Waals surface area (Å²) in [4.78, 5) is 2.58. The van der Waals surface area contributed by atoms with Crippen LogP contribution in [-0.2, 0) is 0 Å². The first-order chi connectivity index (χ1) is 9.24. The van der Waals surface area contributed by atoms with Gasteiger partial charge in [0, 0.05) is 19.2 Å². The van der Waals surface area contributed by atoms with E-state index in [9.17, 15) is 5.11 Å². The van der Waals surface area contributed by atoms with Gasteiger partial charge in [-0.25, -0.2) is 0 Å². The second-order valence-electron chi connectivity index (χ2n) is 6.57. The second-order valence-corrected chi connectivity index (χ2v) is 6.57. The molecule has 4 atom stereocenters. The number of aliphatic hydroxyl groups excluding tert-OH is 2. The van der Waals surface area contributed by atoms with Gasteiger partial charge in [0.25, 0.3) is 0 Å². The molecule has 3 nitrogen and oxygen atoms in total. The number of aliphatic hydroxyl groups is 2. The minimum atomic E-state index is -0.0816. The molecule has 2 rings (SSSR count). The quantitative estimate of drug-likeness (QED) is 0.778. The molecule has 1 aliphatic heterocycles. The number of likely N-dealkylation sites (tertiary alicyclic amines) is 1. The minimum Gasteiger partial charge on any atom is -0.396 e. The standard InChI is InChI=1S/C16H31NO2/c1-2-13-7-8-16(19)14(11-13)12-17-9-3-5-15(17)6-4-10-18/h13-16,18-19H,2-12H2,1H3. The van der Waals surface area contributed by atoms with Crippen LogP contribution in [0.1, 0.15) is 58.3 Å². The summed E-state index contributed by atoms with van der Waals surface area (Å²) in [5.74, 6) is 1.31. The van der Waals surface area contributed by atoms with Gasteiger partial charge in [-0.3, -0.25) is 0 Å². The lowest BCUT2D eigenvalue weighted by molar-refractivity contribution is 0.0234. The highest BCUT2D eigenvalue weighted by molar-refractivity contribution is 4.86. The maximum absolute atomic E-state index is 10.2. The van der Waals surface area contributed by atoms with Crippen LogP contribution in [-0.4, -0.2) is 47.0 Å². The van der Waals surface area contributed by atoms with Crippen molar-refractivity contribution in [2.75, 3.05) is 19.7 Å². The first-order valence-electron chi connectivity index (χ1n) is 8.27. The zero-order chi connectivity index (χ0) is 13.7. The number of rotatable bonds is 6. The largest absolute Gasteiger partial charge is 0.396 e. The Morgan fingerprint density at radius 2 is 2.05 bits per heavy atom. The Kier molecular flexibility index (Phi) is 6.11. The molecule has 112 valence electrons. The topological polar surface area (TPSA) is 43.7 Å². The van der Waals surface area contributed by atoms with Gasteiger partial charge in [0.05, 0.1) is 6.10 Å². The van der Waals surface area contributed by atoms with Crippen LogP contribution >= 0.6 is 0 Å². The van der Waals surface area contributed by atoms with Gasteiger partial charge in [-0.15, -0.1) is 0 Å². The average molecular weight is 269 g/mol. The molecule has 0 aromatic rings. The molecule has 0 radical (unpaired) electrons. The lowest BCUT2D eigenvalue weighted by atomic mass is 9.78. The van der Waals surface area contributed by atoms with Crippen LogP contribution in [0.25, 0.3) is 0 Å². The van der Waals surface area contributed by atoms with Gasteiger partial charge in [0.2, 0.25) is 0 Å². The zero-order valence-corrected chi connectivity index (χ0v) is 12.4. The van der Waals surface area contributed by atoms with Gasteiger partial charge in [-0.1, -0.05) is 13.3 Å². The third kappa shape index (κ3) is 4.17. The zero-order valence-electron chi connectivity index (χ0n) is 12.4. The molecule has 19 heavy (non-hydrogen) atoms. The summed E-state index contributed by atoms with van der Waals surface area (Å²) >= 11 is 0. The van der Waals surface area contributed by atoms with Crippen LogP contribution < -0.4 is 0 Å². The molecule has 0 spiro atoms. The fourth-order valence-electron chi connectivity index (χ4n) is 4.00. The number of hydrogen-bond acceptors (Lipinski definition) is 3. The Hall–Kier alpha value is -0.120. The fraction of sp³-hybridized carbons (Fsp3) is 1.00. The smallest absolute Gasteiger partial charge is 0.0580 e. The lowest BCUT2D eigenvalue weighted by Crippen LogP contribution is -2.41. The lowest BCUT2D eigenvalue weighted by Gasteiger charge is -2.37. The van der Waals surface area contributed by atoms with Crippen molar-refractivity contribution in [2.45, 2.75) is 70.4 Å². The number of hydrogen-bond donors (Lipinski definition) is 2. The first-order valence-corrected chi connectivity index (χ1v) is 8.27. The van der Waals surface area contributed by atoms with Crippen LogP contribution in [0.2, 0.25) is 0 Å². The predicted molar refractivity (Wildman–Crippen MR) is 78.0 cm³/mol. The van der Waals surface area contributed by atoms with E-state index in [1.807, 2.05) is 0 Å². The highest BCUT2D eigenvalue weighted by atomic mass is 16.3. The molecule has 1 aliphatic carbocycles. The molecule has 0 bridgehead atoms. The van der Waals surface area contributed by atoms with Crippen molar-refractivity contribution < 1.29 is 10.2 Å². The Morgan fingerprint density at radius 3 is 2.79 bits per heavy atom. The van der Waals surface area contributed by atoms with Crippen molar-refractivity contribution in [1.29, 1.82) is 0 Å². The summed E-state index contributed by atoms with van der Waals surface area (Å²) in [6, 6.07) is 0.654. The molecule has 2 aliphatic rings. The van der Waals surface area contributed by atoms with Crippen molar-refractivity contribution in [3.05, 3.63) is 0 Å². The molecular weight excluding hydrogens is 238 g/mol. The Bertz CT molecular complexity index is 259. The van der Waals surface area contributed by atoms with E-state index in [0.29, 0.717) is 18.6 Å². The minimum absolute atomic E-state index is 0.0816. The monoisotopic (exact) mass is 269 g/mol. The van der Waals surface area contributed by atoms with E-state index < -0.39 is 0 Å². The maximum atomic E-state index is 10.2. The molecule has 1 saturated carbocycles. The fourth-order valence-corrected chi connectivity index (χ4v) is 4.00. The van der Waals surface area contributed by atoms with Crippen LogP contribution in [0.15, 0.2) is 0 Å². The molecule has 0 aromatic heterocycles. The third-order valence-electron chi connectivity index (χ3n) is 5.29. The van der Waals surface area contributed by atoms with Crippen molar-refractivity contribution in [3.63, 3.8) is 0 Å². The second kappa shape index (κ2) is 7.61. The Labute approximate surface area is 118 Å². The molecular formula is C16H31NO2. The molecule has 1 saturated heterocycles. The van der Waals surface area contributed by atoms with E-state index >= 15 is 0 Å².